The fourth-order valence-electron chi connectivity index (χ4n) is 7.60. The third-order valence-electron chi connectivity index (χ3n) is 9.81. The normalized spacial score (nSPS) is 12.7. The Labute approximate surface area is 287 Å². The smallest absolute Gasteiger partial charge is 0.0937 e. The predicted molar refractivity (Wildman–Crippen MR) is 201 cm³/mol. The van der Waals surface area contributed by atoms with E-state index >= 15 is 0 Å². The van der Waals surface area contributed by atoms with Crippen molar-refractivity contribution in [3.63, 3.8) is 0 Å². The summed E-state index contributed by atoms with van der Waals surface area (Å²) in [5, 5.41) is 0. The van der Waals surface area contributed by atoms with Crippen LogP contribution >= 0.6 is 0 Å². The second kappa shape index (κ2) is 12.0. The molecule has 0 aliphatic heterocycles. The predicted octanol–water partition coefficient (Wildman–Crippen LogP) is 11.5. The van der Waals surface area contributed by atoms with Crippen molar-refractivity contribution in [1.29, 1.82) is 0 Å². The van der Waals surface area contributed by atoms with Gasteiger partial charge in [0.1, 0.15) is 0 Å². The van der Waals surface area contributed by atoms with Gasteiger partial charge in [-0.15, -0.1) is 0 Å². The van der Waals surface area contributed by atoms with E-state index in [0.29, 0.717) is 0 Å². The molecular formula is C47H32N2. The zero-order valence-electron chi connectivity index (χ0n) is 26.9. The Balaban J connectivity index is 1.43. The molecule has 2 aromatic heterocycles. The fraction of sp³-hybridized carbons (Fsp3) is 0.0213. The van der Waals surface area contributed by atoms with E-state index in [-0.39, 0.29) is 0 Å². The molecule has 0 fully saturated rings. The van der Waals surface area contributed by atoms with E-state index in [1.807, 2.05) is 12.4 Å². The molecule has 0 radical (unpaired) electrons. The Morgan fingerprint density at radius 2 is 0.592 bits per heavy atom. The van der Waals surface area contributed by atoms with E-state index in [0.717, 1.165) is 22.5 Å². The highest BCUT2D eigenvalue weighted by atomic mass is 14.8. The number of nitrogens with zero attached hydrogens (tertiary/aromatic N) is 2. The standard InChI is InChI=1S/C47H32N2/c1-5-15-33(16-6-1)37-27-38(34-17-7-2-8-18-34)30-41(29-37)47(43-23-13-25-48-45(43)46-44(47)24-14-26-49-46)42-31-39(35-19-9-3-10-20-35)28-40(32-42)36-21-11-4-12-22-36/h1-32H. The van der Waals surface area contributed by atoms with Crippen molar-refractivity contribution < 1.29 is 0 Å². The largest absolute Gasteiger partial charge is 0.254 e. The second-order valence-corrected chi connectivity index (χ2v) is 12.6. The van der Waals surface area contributed by atoms with E-state index in [2.05, 4.69) is 182 Å². The van der Waals surface area contributed by atoms with Crippen molar-refractivity contribution in [1.82, 2.24) is 9.97 Å². The van der Waals surface area contributed by atoms with Crippen LogP contribution in [0.4, 0.5) is 0 Å². The van der Waals surface area contributed by atoms with Crippen molar-refractivity contribution in [3.8, 4) is 55.9 Å². The minimum absolute atomic E-state index is 0.699. The summed E-state index contributed by atoms with van der Waals surface area (Å²) < 4.78 is 0. The third-order valence-corrected chi connectivity index (χ3v) is 9.81. The molecule has 1 aliphatic carbocycles. The lowest BCUT2D eigenvalue weighted by Crippen LogP contribution is -2.29. The summed E-state index contributed by atoms with van der Waals surface area (Å²) in [7, 11) is 0. The summed E-state index contributed by atoms with van der Waals surface area (Å²) in [5.41, 5.74) is 15.2. The van der Waals surface area contributed by atoms with Gasteiger partial charge in [-0.05, 0) is 115 Å². The van der Waals surface area contributed by atoms with Gasteiger partial charge in [0, 0.05) is 12.4 Å². The summed E-state index contributed by atoms with van der Waals surface area (Å²) in [5.74, 6) is 0. The van der Waals surface area contributed by atoms with E-state index in [9.17, 15) is 0 Å². The highest BCUT2D eigenvalue weighted by Crippen LogP contribution is 2.56. The van der Waals surface area contributed by atoms with E-state index < -0.39 is 5.41 Å². The van der Waals surface area contributed by atoms with Gasteiger partial charge < -0.3 is 0 Å². The molecule has 0 saturated heterocycles. The third kappa shape index (κ3) is 4.89. The lowest BCUT2D eigenvalue weighted by atomic mass is 9.66. The maximum atomic E-state index is 5.01. The number of benzene rings is 6. The second-order valence-electron chi connectivity index (χ2n) is 12.6. The topological polar surface area (TPSA) is 25.8 Å². The molecule has 49 heavy (non-hydrogen) atoms. The summed E-state index contributed by atoms with van der Waals surface area (Å²) in [6, 6.07) is 65.6. The first-order valence-corrected chi connectivity index (χ1v) is 16.7. The van der Waals surface area contributed by atoms with Crippen molar-refractivity contribution in [2.24, 2.45) is 0 Å². The number of hydrogen-bond donors (Lipinski definition) is 0. The van der Waals surface area contributed by atoms with Gasteiger partial charge in [-0.25, -0.2) is 0 Å². The van der Waals surface area contributed by atoms with Gasteiger partial charge in [-0.3, -0.25) is 9.97 Å². The van der Waals surface area contributed by atoms with Gasteiger partial charge in [0.25, 0.3) is 0 Å². The lowest BCUT2D eigenvalue weighted by Gasteiger charge is -2.35. The molecule has 6 aromatic carbocycles. The van der Waals surface area contributed by atoms with Gasteiger partial charge in [0.05, 0.1) is 16.8 Å². The van der Waals surface area contributed by atoms with Crippen LogP contribution in [0.5, 0.6) is 0 Å². The highest BCUT2D eigenvalue weighted by molar-refractivity contribution is 5.86. The van der Waals surface area contributed by atoms with Crippen molar-refractivity contribution in [2.75, 3.05) is 0 Å². The minimum Gasteiger partial charge on any atom is -0.254 e. The van der Waals surface area contributed by atoms with E-state index in [4.69, 9.17) is 9.97 Å². The quantitative estimate of drug-likeness (QED) is 0.184. The van der Waals surface area contributed by atoms with Crippen LogP contribution in [0.2, 0.25) is 0 Å². The molecule has 230 valence electrons. The van der Waals surface area contributed by atoms with Crippen LogP contribution in [-0.4, -0.2) is 9.97 Å². The van der Waals surface area contributed by atoms with Gasteiger partial charge in [0.2, 0.25) is 0 Å². The van der Waals surface area contributed by atoms with Crippen LogP contribution in [0.25, 0.3) is 55.9 Å². The Morgan fingerprint density at radius 3 is 0.898 bits per heavy atom. The molecule has 0 bridgehead atoms. The van der Waals surface area contributed by atoms with Gasteiger partial charge >= 0.3 is 0 Å². The first-order chi connectivity index (χ1) is 24.3. The van der Waals surface area contributed by atoms with Crippen LogP contribution in [-0.2, 0) is 5.41 Å². The molecule has 0 atom stereocenters. The molecule has 8 aromatic rings. The van der Waals surface area contributed by atoms with Crippen LogP contribution in [0, 0.1) is 0 Å². The van der Waals surface area contributed by atoms with Crippen LogP contribution in [0.3, 0.4) is 0 Å². The molecule has 2 heterocycles. The Kier molecular flexibility index (Phi) is 7.06. The summed E-state index contributed by atoms with van der Waals surface area (Å²) in [4.78, 5) is 10.0. The molecule has 0 spiro atoms. The molecule has 0 amide bonds. The zero-order chi connectivity index (χ0) is 32.6. The SMILES string of the molecule is c1ccc(-c2cc(-c3ccccc3)cc(C3(c4cc(-c5ccccc5)cc(-c5ccccc5)c4)c4cccnc4-c4ncccc43)c2)cc1. The molecule has 0 saturated carbocycles. The van der Waals surface area contributed by atoms with E-state index in [1.54, 1.807) is 0 Å². The Bertz CT molecular complexity index is 2130. The average Bonchev–Trinajstić information content (AvgIpc) is 3.50. The molecule has 0 unspecified atom stereocenters. The first kappa shape index (κ1) is 28.8. The average molecular weight is 625 g/mol. The number of rotatable bonds is 6. The Morgan fingerprint density at radius 1 is 0.286 bits per heavy atom. The Hall–Kier alpha value is -6.38. The van der Waals surface area contributed by atoms with Gasteiger partial charge in [-0.2, -0.15) is 0 Å². The van der Waals surface area contributed by atoms with Gasteiger partial charge in [-0.1, -0.05) is 133 Å². The molecule has 2 nitrogen and oxygen atoms in total. The van der Waals surface area contributed by atoms with Crippen LogP contribution in [0.1, 0.15) is 22.3 Å². The number of pyridine rings is 2. The highest BCUT2D eigenvalue weighted by Gasteiger charge is 2.48. The van der Waals surface area contributed by atoms with Crippen LogP contribution < -0.4 is 0 Å². The van der Waals surface area contributed by atoms with Crippen molar-refractivity contribution in [3.05, 3.63) is 217 Å². The maximum Gasteiger partial charge on any atom is 0.0937 e. The monoisotopic (exact) mass is 624 g/mol. The van der Waals surface area contributed by atoms with Crippen molar-refractivity contribution >= 4 is 0 Å². The summed E-state index contributed by atoms with van der Waals surface area (Å²) in [6.45, 7) is 0. The number of fused-ring (bicyclic) bond motifs is 3. The molecule has 2 heteroatoms. The summed E-state index contributed by atoms with van der Waals surface area (Å²) in [6.07, 6.45) is 3.78. The lowest BCUT2D eigenvalue weighted by molar-refractivity contribution is 0.766. The summed E-state index contributed by atoms with van der Waals surface area (Å²) >= 11 is 0. The number of aromatic nitrogens is 2. The van der Waals surface area contributed by atoms with Gasteiger partial charge in [0.15, 0.2) is 0 Å². The van der Waals surface area contributed by atoms with Crippen LogP contribution in [0.15, 0.2) is 194 Å². The first-order valence-electron chi connectivity index (χ1n) is 16.7. The maximum absolute atomic E-state index is 5.01. The molecule has 1 aliphatic rings. The van der Waals surface area contributed by atoms with Crippen molar-refractivity contribution in [2.45, 2.75) is 5.41 Å². The van der Waals surface area contributed by atoms with E-state index in [1.165, 1.54) is 55.6 Å². The molecular weight excluding hydrogens is 593 g/mol. The zero-order valence-corrected chi connectivity index (χ0v) is 26.9. The molecule has 0 N–H and O–H groups in total. The number of hydrogen-bond acceptors (Lipinski definition) is 2. The molecule has 9 rings (SSSR count). The fourth-order valence-corrected chi connectivity index (χ4v) is 7.60. The minimum atomic E-state index is -0.699.